The fraction of sp³-hybridized carbons (Fsp3) is 0.556. The Kier molecular flexibility index (Phi) is 1.83. The van der Waals surface area contributed by atoms with E-state index in [-0.39, 0.29) is 6.04 Å². The smallest absolute Gasteiger partial charge is 0.135 e. The molecule has 0 saturated carbocycles. The first kappa shape index (κ1) is 8.29. The second kappa shape index (κ2) is 2.87. The van der Waals surface area contributed by atoms with Crippen LogP contribution in [0.4, 0.5) is 5.82 Å². The van der Waals surface area contributed by atoms with Gasteiger partial charge in [-0.15, -0.1) is 0 Å². The number of anilines is 1. The van der Waals surface area contributed by atoms with Gasteiger partial charge in [-0.2, -0.15) is 5.10 Å². The van der Waals surface area contributed by atoms with Gasteiger partial charge in [-0.05, 0) is 20.8 Å². The summed E-state index contributed by atoms with van der Waals surface area (Å²) in [6, 6.07) is 0.610. The zero-order valence-corrected chi connectivity index (χ0v) is 8.15. The quantitative estimate of drug-likeness (QED) is 0.714. The number of nitrogens with one attached hydrogen (secondary N) is 1. The van der Waals surface area contributed by atoms with Gasteiger partial charge < -0.3 is 5.32 Å². The average molecular weight is 178 g/mol. The Morgan fingerprint density at radius 3 is 3.00 bits per heavy atom. The van der Waals surface area contributed by atoms with Crippen molar-refractivity contribution in [2.45, 2.75) is 32.9 Å². The molecular weight excluding hydrogens is 164 g/mol. The molecular formula is C9H14N4. The van der Waals surface area contributed by atoms with Crippen molar-refractivity contribution < 1.29 is 0 Å². The molecule has 4 heteroatoms. The number of aliphatic imine (C=N–C) groups is 1. The first-order valence-electron chi connectivity index (χ1n) is 4.55. The molecule has 2 rings (SSSR count). The molecule has 1 N–H and O–H groups in total. The molecule has 13 heavy (non-hydrogen) atoms. The monoisotopic (exact) mass is 178 g/mol. The first-order valence-corrected chi connectivity index (χ1v) is 4.55. The topological polar surface area (TPSA) is 42.2 Å². The summed E-state index contributed by atoms with van der Waals surface area (Å²) < 4.78 is 1.98. The summed E-state index contributed by atoms with van der Waals surface area (Å²) in [6.45, 7) is 6.30. The van der Waals surface area contributed by atoms with E-state index in [9.17, 15) is 0 Å². The maximum absolute atomic E-state index is 4.32. The van der Waals surface area contributed by atoms with Crippen LogP contribution in [0.2, 0.25) is 0 Å². The van der Waals surface area contributed by atoms with Crippen LogP contribution >= 0.6 is 0 Å². The van der Waals surface area contributed by atoms with Crippen molar-refractivity contribution in [1.29, 1.82) is 0 Å². The van der Waals surface area contributed by atoms with Gasteiger partial charge in [-0.25, -0.2) is 4.68 Å². The minimum atomic E-state index is 0.226. The van der Waals surface area contributed by atoms with Crippen molar-refractivity contribution in [2.24, 2.45) is 4.99 Å². The fourth-order valence-electron chi connectivity index (χ4n) is 1.51. The lowest BCUT2D eigenvalue weighted by atomic mass is 10.1. The number of aromatic nitrogens is 2. The summed E-state index contributed by atoms with van der Waals surface area (Å²) in [6.07, 6.45) is 3.64. The van der Waals surface area contributed by atoms with Crippen molar-refractivity contribution in [3.05, 3.63) is 11.8 Å². The normalized spacial score (nSPS) is 20.2. The van der Waals surface area contributed by atoms with Gasteiger partial charge in [0.25, 0.3) is 0 Å². The Labute approximate surface area is 77.7 Å². The summed E-state index contributed by atoms with van der Waals surface area (Å²) in [5.74, 6) is 1.08. The van der Waals surface area contributed by atoms with Crippen LogP contribution in [0.1, 0.15) is 38.4 Å². The summed E-state index contributed by atoms with van der Waals surface area (Å²) in [5.41, 5.74) is 1.18. The molecule has 1 aliphatic rings. The molecule has 0 fully saturated rings. The molecule has 0 aliphatic carbocycles. The average Bonchev–Trinajstić information content (AvgIpc) is 2.48. The minimum absolute atomic E-state index is 0.226. The Balaban J connectivity index is 2.45. The van der Waals surface area contributed by atoms with Gasteiger partial charge in [0, 0.05) is 11.6 Å². The summed E-state index contributed by atoms with van der Waals surface area (Å²) in [5, 5.41) is 7.45. The SMILES string of the molecule is CC1N=CNc2c1cnn2C(C)C. The van der Waals surface area contributed by atoms with Crippen molar-refractivity contribution in [2.75, 3.05) is 5.32 Å². The van der Waals surface area contributed by atoms with Gasteiger partial charge in [0.2, 0.25) is 0 Å². The van der Waals surface area contributed by atoms with Crippen molar-refractivity contribution >= 4 is 12.2 Å². The molecule has 0 bridgehead atoms. The third-order valence-corrected chi connectivity index (χ3v) is 2.26. The minimum Gasteiger partial charge on any atom is -0.331 e. The number of fused-ring (bicyclic) bond motifs is 1. The second-order valence-electron chi connectivity index (χ2n) is 3.59. The molecule has 0 aromatic carbocycles. The molecule has 0 spiro atoms. The summed E-state index contributed by atoms with van der Waals surface area (Å²) >= 11 is 0. The number of rotatable bonds is 1. The van der Waals surface area contributed by atoms with Gasteiger partial charge in [0.1, 0.15) is 5.82 Å². The number of nitrogens with zero attached hydrogens (tertiary/aromatic N) is 3. The standard InChI is InChI=1S/C9H14N4/c1-6(2)13-9-8(4-12-13)7(3)10-5-11-9/h4-7H,1-3H3,(H,10,11). The van der Waals surface area contributed by atoms with Crippen molar-refractivity contribution in [3.8, 4) is 0 Å². The number of hydrogen-bond donors (Lipinski definition) is 1. The van der Waals surface area contributed by atoms with Crippen LogP contribution in [-0.4, -0.2) is 16.1 Å². The van der Waals surface area contributed by atoms with E-state index in [1.807, 2.05) is 10.9 Å². The fourth-order valence-corrected chi connectivity index (χ4v) is 1.51. The Hall–Kier alpha value is -1.32. The van der Waals surface area contributed by atoms with E-state index in [0.29, 0.717) is 6.04 Å². The highest BCUT2D eigenvalue weighted by Crippen LogP contribution is 2.29. The van der Waals surface area contributed by atoms with Crippen LogP contribution in [0, 0.1) is 0 Å². The third-order valence-electron chi connectivity index (χ3n) is 2.26. The van der Waals surface area contributed by atoms with E-state index in [2.05, 4.69) is 36.2 Å². The van der Waals surface area contributed by atoms with E-state index in [1.165, 1.54) is 5.56 Å². The molecule has 2 heterocycles. The van der Waals surface area contributed by atoms with E-state index in [4.69, 9.17) is 0 Å². The van der Waals surface area contributed by atoms with Crippen LogP contribution in [0.25, 0.3) is 0 Å². The molecule has 0 saturated heterocycles. The molecule has 1 atom stereocenters. The highest BCUT2D eigenvalue weighted by atomic mass is 15.3. The Bertz CT molecular complexity index is 337. The number of hydrogen-bond acceptors (Lipinski definition) is 3. The largest absolute Gasteiger partial charge is 0.331 e. The molecule has 1 unspecified atom stereocenters. The third kappa shape index (κ3) is 1.22. The molecule has 4 nitrogen and oxygen atoms in total. The van der Waals surface area contributed by atoms with Gasteiger partial charge >= 0.3 is 0 Å². The zero-order valence-electron chi connectivity index (χ0n) is 8.15. The summed E-state index contributed by atoms with van der Waals surface area (Å²) in [4.78, 5) is 4.25. The lowest BCUT2D eigenvalue weighted by Crippen LogP contribution is -2.13. The first-order chi connectivity index (χ1) is 6.20. The van der Waals surface area contributed by atoms with E-state index in [0.717, 1.165) is 5.82 Å². The van der Waals surface area contributed by atoms with Crippen molar-refractivity contribution in [3.63, 3.8) is 0 Å². The van der Waals surface area contributed by atoms with Gasteiger partial charge in [-0.1, -0.05) is 0 Å². The highest BCUT2D eigenvalue weighted by Gasteiger charge is 2.18. The highest BCUT2D eigenvalue weighted by molar-refractivity contribution is 5.78. The Morgan fingerprint density at radius 2 is 2.31 bits per heavy atom. The zero-order chi connectivity index (χ0) is 9.42. The van der Waals surface area contributed by atoms with E-state index < -0.39 is 0 Å². The summed E-state index contributed by atoms with van der Waals surface area (Å²) in [7, 11) is 0. The maximum atomic E-state index is 4.32. The maximum Gasteiger partial charge on any atom is 0.135 e. The second-order valence-corrected chi connectivity index (χ2v) is 3.59. The molecule has 0 amide bonds. The van der Waals surface area contributed by atoms with Gasteiger partial charge in [0.05, 0.1) is 18.6 Å². The Morgan fingerprint density at radius 1 is 1.54 bits per heavy atom. The van der Waals surface area contributed by atoms with Crippen LogP contribution in [0.3, 0.4) is 0 Å². The molecule has 1 aliphatic heterocycles. The van der Waals surface area contributed by atoms with Crippen LogP contribution < -0.4 is 5.32 Å². The van der Waals surface area contributed by atoms with Gasteiger partial charge in [-0.3, -0.25) is 4.99 Å². The van der Waals surface area contributed by atoms with Crippen LogP contribution in [0.15, 0.2) is 11.2 Å². The predicted octanol–water partition coefficient (Wildman–Crippen LogP) is 1.98. The van der Waals surface area contributed by atoms with Gasteiger partial charge in [0.15, 0.2) is 0 Å². The van der Waals surface area contributed by atoms with Crippen molar-refractivity contribution in [1.82, 2.24) is 9.78 Å². The molecule has 70 valence electrons. The molecule has 1 aromatic rings. The lowest BCUT2D eigenvalue weighted by Gasteiger charge is -2.17. The van der Waals surface area contributed by atoms with E-state index in [1.54, 1.807) is 6.34 Å². The van der Waals surface area contributed by atoms with Crippen LogP contribution in [-0.2, 0) is 0 Å². The predicted molar refractivity (Wildman–Crippen MR) is 53.1 cm³/mol. The lowest BCUT2D eigenvalue weighted by molar-refractivity contribution is 0.539. The molecule has 1 aromatic heterocycles. The van der Waals surface area contributed by atoms with E-state index >= 15 is 0 Å². The van der Waals surface area contributed by atoms with Crippen LogP contribution in [0.5, 0.6) is 0 Å². The molecule has 0 radical (unpaired) electrons.